The van der Waals surface area contributed by atoms with Gasteiger partial charge >= 0.3 is 6.09 Å². The summed E-state index contributed by atoms with van der Waals surface area (Å²) < 4.78 is 27.2. The van der Waals surface area contributed by atoms with Gasteiger partial charge in [-0.25, -0.2) is 13.2 Å². The summed E-state index contributed by atoms with van der Waals surface area (Å²) in [6, 6.07) is 0.0567. The molecule has 0 radical (unpaired) electrons. The van der Waals surface area contributed by atoms with Crippen molar-refractivity contribution in [3.63, 3.8) is 0 Å². The van der Waals surface area contributed by atoms with Gasteiger partial charge in [-0.3, -0.25) is 4.79 Å². The van der Waals surface area contributed by atoms with Crippen LogP contribution < -0.4 is 0 Å². The predicted octanol–water partition coefficient (Wildman–Crippen LogP) is 1.02. The molecule has 0 aromatic carbocycles. The molecule has 0 bridgehead atoms. The fourth-order valence-corrected chi connectivity index (χ4v) is 4.45. The third-order valence-corrected chi connectivity index (χ3v) is 5.35. The van der Waals surface area contributed by atoms with Crippen molar-refractivity contribution in [2.45, 2.75) is 32.2 Å². The SMILES string of the molecule is CCOC(=O)N1CCC(N2CC(CS(=O)(=O)Cl)CC2=O)CC1. The summed E-state index contributed by atoms with van der Waals surface area (Å²) in [6.07, 6.45) is 1.28. The lowest BCUT2D eigenvalue weighted by Gasteiger charge is -2.36. The van der Waals surface area contributed by atoms with Crippen molar-refractivity contribution in [1.29, 1.82) is 0 Å². The molecule has 7 nitrogen and oxygen atoms in total. The Morgan fingerprint density at radius 3 is 2.55 bits per heavy atom. The molecular formula is C13H21ClN2O5S. The number of amides is 2. The molecule has 1 atom stereocenters. The summed E-state index contributed by atoms with van der Waals surface area (Å²) in [4.78, 5) is 27.1. The zero-order chi connectivity index (χ0) is 16.3. The highest BCUT2D eigenvalue weighted by atomic mass is 35.7. The maximum Gasteiger partial charge on any atom is 0.409 e. The van der Waals surface area contributed by atoms with E-state index in [1.165, 1.54) is 0 Å². The van der Waals surface area contributed by atoms with Crippen molar-refractivity contribution in [1.82, 2.24) is 9.80 Å². The highest BCUT2D eigenvalue weighted by Gasteiger charge is 2.37. The van der Waals surface area contributed by atoms with E-state index in [2.05, 4.69) is 0 Å². The quantitative estimate of drug-likeness (QED) is 0.705. The van der Waals surface area contributed by atoms with Gasteiger partial charge in [0, 0.05) is 48.7 Å². The van der Waals surface area contributed by atoms with Gasteiger partial charge in [0.05, 0.1) is 12.4 Å². The Bertz CT molecular complexity index is 531. The maximum atomic E-state index is 12.1. The number of halogens is 1. The Morgan fingerprint density at radius 1 is 1.36 bits per heavy atom. The Balaban J connectivity index is 1.86. The number of hydrogen-bond acceptors (Lipinski definition) is 5. The van der Waals surface area contributed by atoms with Crippen molar-refractivity contribution >= 4 is 31.7 Å². The number of carbonyl (C=O) groups excluding carboxylic acids is 2. The van der Waals surface area contributed by atoms with Gasteiger partial charge in [-0.05, 0) is 19.8 Å². The minimum absolute atomic E-state index is 0.0279. The molecule has 2 heterocycles. The van der Waals surface area contributed by atoms with Crippen LogP contribution in [0.15, 0.2) is 0 Å². The number of hydrogen-bond donors (Lipinski definition) is 0. The summed E-state index contributed by atoms with van der Waals surface area (Å²) in [7, 11) is 1.67. The zero-order valence-electron chi connectivity index (χ0n) is 12.5. The highest BCUT2D eigenvalue weighted by molar-refractivity contribution is 8.13. The summed E-state index contributed by atoms with van der Waals surface area (Å²) in [5, 5.41) is 0. The topological polar surface area (TPSA) is 84.0 Å². The van der Waals surface area contributed by atoms with Crippen LogP contribution in [0.25, 0.3) is 0 Å². The molecule has 0 aromatic rings. The third-order valence-electron chi connectivity index (χ3n) is 4.10. The van der Waals surface area contributed by atoms with E-state index < -0.39 is 9.05 Å². The second-order valence-corrected chi connectivity index (χ2v) is 8.56. The molecule has 2 saturated heterocycles. The number of likely N-dealkylation sites (tertiary alicyclic amines) is 2. The summed E-state index contributed by atoms with van der Waals surface area (Å²) >= 11 is 0. The van der Waals surface area contributed by atoms with E-state index in [0.717, 1.165) is 0 Å². The maximum absolute atomic E-state index is 12.1. The molecule has 126 valence electrons. The molecule has 2 amide bonds. The van der Waals surface area contributed by atoms with Crippen LogP contribution in [0.2, 0.25) is 0 Å². The van der Waals surface area contributed by atoms with Crippen LogP contribution >= 0.6 is 10.7 Å². The van der Waals surface area contributed by atoms with Gasteiger partial charge in [-0.2, -0.15) is 0 Å². The first-order valence-electron chi connectivity index (χ1n) is 7.43. The van der Waals surface area contributed by atoms with E-state index in [4.69, 9.17) is 15.4 Å². The number of rotatable bonds is 4. The number of piperidine rings is 1. The molecular weight excluding hydrogens is 332 g/mol. The lowest BCUT2D eigenvalue weighted by molar-refractivity contribution is -0.130. The van der Waals surface area contributed by atoms with E-state index in [0.29, 0.717) is 39.1 Å². The fraction of sp³-hybridized carbons (Fsp3) is 0.846. The van der Waals surface area contributed by atoms with Gasteiger partial charge in [0.25, 0.3) is 0 Å². The van der Waals surface area contributed by atoms with Gasteiger partial charge in [-0.15, -0.1) is 0 Å². The largest absolute Gasteiger partial charge is 0.450 e. The number of carbonyl (C=O) groups is 2. The van der Waals surface area contributed by atoms with E-state index in [1.807, 2.05) is 0 Å². The summed E-state index contributed by atoms with van der Waals surface area (Å²) in [5.74, 6) is -0.434. The average molecular weight is 353 g/mol. The molecule has 2 fully saturated rings. The Morgan fingerprint density at radius 2 is 2.00 bits per heavy atom. The zero-order valence-corrected chi connectivity index (χ0v) is 14.1. The smallest absolute Gasteiger partial charge is 0.409 e. The van der Waals surface area contributed by atoms with Crippen molar-refractivity contribution in [3.05, 3.63) is 0 Å². The van der Waals surface area contributed by atoms with Crippen LogP contribution in [0.1, 0.15) is 26.2 Å². The van der Waals surface area contributed by atoms with Gasteiger partial charge in [-0.1, -0.05) is 0 Å². The van der Waals surface area contributed by atoms with Crippen LogP contribution in [0, 0.1) is 5.92 Å². The van der Waals surface area contributed by atoms with E-state index in [-0.39, 0.29) is 36.1 Å². The molecule has 2 aliphatic rings. The third kappa shape index (κ3) is 4.49. The second-order valence-electron chi connectivity index (χ2n) is 5.74. The molecule has 2 aliphatic heterocycles. The van der Waals surface area contributed by atoms with Crippen LogP contribution in [0.5, 0.6) is 0 Å². The van der Waals surface area contributed by atoms with E-state index in [1.54, 1.807) is 16.7 Å². The lowest BCUT2D eigenvalue weighted by Crippen LogP contribution is -2.47. The van der Waals surface area contributed by atoms with Gasteiger partial charge < -0.3 is 14.5 Å². The van der Waals surface area contributed by atoms with Crippen molar-refractivity contribution in [2.75, 3.05) is 32.0 Å². The van der Waals surface area contributed by atoms with Crippen LogP contribution in [0.3, 0.4) is 0 Å². The summed E-state index contributed by atoms with van der Waals surface area (Å²) in [5.41, 5.74) is 0. The first-order valence-corrected chi connectivity index (χ1v) is 9.91. The van der Waals surface area contributed by atoms with Crippen LogP contribution in [-0.2, 0) is 18.6 Å². The monoisotopic (exact) mass is 352 g/mol. The molecule has 0 aromatic heterocycles. The minimum atomic E-state index is -3.59. The van der Waals surface area contributed by atoms with Crippen LogP contribution in [-0.4, -0.2) is 68.3 Å². The van der Waals surface area contributed by atoms with E-state index >= 15 is 0 Å². The predicted molar refractivity (Wildman–Crippen MR) is 81.1 cm³/mol. The first-order chi connectivity index (χ1) is 10.3. The van der Waals surface area contributed by atoms with Crippen molar-refractivity contribution < 1.29 is 22.7 Å². The average Bonchev–Trinajstić information content (AvgIpc) is 2.77. The van der Waals surface area contributed by atoms with Crippen molar-refractivity contribution in [3.8, 4) is 0 Å². The minimum Gasteiger partial charge on any atom is -0.450 e. The van der Waals surface area contributed by atoms with E-state index in [9.17, 15) is 18.0 Å². The standard InChI is InChI=1S/C13H21ClN2O5S/c1-2-21-13(18)15-5-3-11(4-6-15)16-8-10(7-12(16)17)9-22(14,19)20/h10-11H,2-9H2,1H3. The Hall–Kier alpha value is -1.02. The highest BCUT2D eigenvalue weighted by Crippen LogP contribution is 2.27. The Kier molecular flexibility index (Phi) is 5.55. The summed E-state index contributed by atoms with van der Waals surface area (Å²) in [6.45, 7) is 3.63. The lowest BCUT2D eigenvalue weighted by atomic mass is 10.0. The molecule has 22 heavy (non-hydrogen) atoms. The number of ether oxygens (including phenoxy) is 1. The molecule has 0 N–H and O–H groups in total. The number of nitrogens with zero attached hydrogens (tertiary/aromatic N) is 2. The van der Waals surface area contributed by atoms with Gasteiger partial charge in [0.1, 0.15) is 0 Å². The molecule has 0 saturated carbocycles. The normalized spacial score (nSPS) is 23.9. The fourth-order valence-electron chi connectivity index (χ4n) is 3.13. The Labute approximate surface area is 134 Å². The molecule has 2 rings (SSSR count). The van der Waals surface area contributed by atoms with Gasteiger partial charge in [0.2, 0.25) is 15.0 Å². The second kappa shape index (κ2) is 7.04. The molecule has 0 aliphatic carbocycles. The van der Waals surface area contributed by atoms with Crippen LogP contribution in [0.4, 0.5) is 4.79 Å². The van der Waals surface area contributed by atoms with Gasteiger partial charge in [0.15, 0.2) is 0 Å². The molecule has 1 unspecified atom stereocenters. The first kappa shape index (κ1) is 17.3. The molecule has 9 heteroatoms. The van der Waals surface area contributed by atoms with Crippen molar-refractivity contribution in [2.24, 2.45) is 5.92 Å². The molecule has 0 spiro atoms.